The first kappa shape index (κ1) is 16.5. The van der Waals surface area contributed by atoms with Gasteiger partial charge in [-0.05, 0) is 13.8 Å². The number of carbonyl (C=O) groups is 1. The molecule has 2 aromatic heterocycles. The summed E-state index contributed by atoms with van der Waals surface area (Å²) in [5.41, 5.74) is 0.592. The molecule has 0 aromatic carbocycles. The van der Waals surface area contributed by atoms with Gasteiger partial charge in [-0.3, -0.25) is 14.0 Å². The maximum Gasteiger partial charge on any atom is 0.271 e. The molecule has 0 atom stereocenters. The van der Waals surface area contributed by atoms with Gasteiger partial charge in [-0.1, -0.05) is 20.8 Å². The lowest BCUT2D eigenvalue weighted by Crippen LogP contribution is -2.43. The van der Waals surface area contributed by atoms with Crippen LogP contribution >= 0.6 is 23.1 Å². The second kappa shape index (κ2) is 5.34. The van der Waals surface area contributed by atoms with Crippen LogP contribution in [0.4, 0.5) is 0 Å². The molecule has 0 bridgehead atoms. The third-order valence-corrected chi connectivity index (χ3v) is 6.26. The zero-order valence-corrected chi connectivity index (χ0v) is 15.7. The molecule has 124 valence electrons. The fourth-order valence-electron chi connectivity index (χ4n) is 2.78. The number of nitrogens with zero attached hydrogens (tertiary/aromatic N) is 3. The van der Waals surface area contributed by atoms with Crippen molar-refractivity contribution in [1.29, 1.82) is 0 Å². The first-order valence-corrected chi connectivity index (χ1v) is 9.45. The van der Waals surface area contributed by atoms with E-state index in [0.29, 0.717) is 11.5 Å². The fraction of sp³-hybridized carbons (Fsp3) is 0.562. The van der Waals surface area contributed by atoms with E-state index in [-0.39, 0.29) is 27.3 Å². The molecule has 1 amide bonds. The van der Waals surface area contributed by atoms with Crippen molar-refractivity contribution in [2.75, 3.05) is 12.3 Å². The van der Waals surface area contributed by atoms with E-state index < -0.39 is 0 Å². The number of rotatable bonds is 1. The van der Waals surface area contributed by atoms with E-state index in [2.05, 4.69) is 25.8 Å². The number of thioether (sulfide) groups is 1. The van der Waals surface area contributed by atoms with Gasteiger partial charge in [-0.25, -0.2) is 4.98 Å². The maximum atomic E-state index is 12.9. The topological polar surface area (TPSA) is 54.7 Å². The summed E-state index contributed by atoms with van der Waals surface area (Å²) in [5.74, 6) is 0.666. The van der Waals surface area contributed by atoms with Gasteiger partial charge in [0, 0.05) is 35.0 Å². The predicted molar refractivity (Wildman–Crippen MR) is 95.6 cm³/mol. The number of amides is 1. The van der Waals surface area contributed by atoms with Crippen molar-refractivity contribution in [1.82, 2.24) is 14.3 Å². The Morgan fingerprint density at radius 2 is 2.04 bits per heavy atom. The summed E-state index contributed by atoms with van der Waals surface area (Å²) in [5, 5.41) is 1.95. The molecule has 7 heteroatoms. The maximum absolute atomic E-state index is 12.9. The van der Waals surface area contributed by atoms with E-state index in [1.54, 1.807) is 21.1 Å². The number of thiazole rings is 1. The van der Waals surface area contributed by atoms with Crippen molar-refractivity contribution in [2.45, 2.75) is 44.9 Å². The van der Waals surface area contributed by atoms with E-state index in [0.717, 1.165) is 11.4 Å². The minimum Gasteiger partial charge on any atom is -0.323 e. The monoisotopic (exact) mass is 351 g/mol. The molecule has 1 fully saturated rings. The summed E-state index contributed by atoms with van der Waals surface area (Å²) in [6.45, 7) is 10.8. The molecule has 0 aliphatic carbocycles. The summed E-state index contributed by atoms with van der Waals surface area (Å²) >= 11 is 3.16. The van der Waals surface area contributed by atoms with Gasteiger partial charge < -0.3 is 4.90 Å². The summed E-state index contributed by atoms with van der Waals surface area (Å²) in [4.78, 5) is 32.3. The van der Waals surface area contributed by atoms with Crippen LogP contribution in [0.1, 0.15) is 50.7 Å². The van der Waals surface area contributed by atoms with Crippen molar-refractivity contribution < 1.29 is 4.79 Å². The normalized spacial score (nSPS) is 17.9. The second-order valence-electron chi connectivity index (χ2n) is 7.22. The molecule has 0 N–H and O–H groups in total. The molecule has 1 aliphatic heterocycles. The molecule has 0 spiro atoms. The van der Waals surface area contributed by atoms with Crippen LogP contribution in [0.5, 0.6) is 0 Å². The van der Waals surface area contributed by atoms with Crippen LogP contribution < -0.4 is 5.56 Å². The highest BCUT2D eigenvalue weighted by Gasteiger charge is 2.38. The van der Waals surface area contributed by atoms with Crippen molar-refractivity contribution in [3.05, 3.63) is 33.2 Å². The zero-order chi connectivity index (χ0) is 17.0. The van der Waals surface area contributed by atoms with Crippen molar-refractivity contribution >= 4 is 34.0 Å². The summed E-state index contributed by atoms with van der Waals surface area (Å²) in [6, 6.07) is 0. The fourth-order valence-corrected chi connectivity index (χ4v) is 4.96. The predicted octanol–water partition coefficient (Wildman–Crippen LogP) is 2.98. The van der Waals surface area contributed by atoms with Crippen molar-refractivity contribution in [2.24, 2.45) is 0 Å². The Kier molecular flexibility index (Phi) is 3.84. The van der Waals surface area contributed by atoms with Crippen molar-refractivity contribution in [3.8, 4) is 0 Å². The van der Waals surface area contributed by atoms with E-state index in [4.69, 9.17) is 0 Å². The van der Waals surface area contributed by atoms with Gasteiger partial charge in [0.15, 0.2) is 4.96 Å². The standard InChI is InChI=1S/C16H21N3O2S2/c1-15(2,3)11-9-22-14-17-8-10(13(21)19(11)14)12(20)18-6-7-23-16(18,4)5/h8-9H,6-7H2,1-5H3. The highest BCUT2D eigenvalue weighted by molar-refractivity contribution is 8.00. The van der Waals surface area contributed by atoms with Crippen LogP contribution in [0.25, 0.3) is 4.96 Å². The Morgan fingerprint density at radius 3 is 2.61 bits per heavy atom. The van der Waals surface area contributed by atoms with Gasteiger partial charge in [0.2, 0.25) is 0 Å². The summed E-state index contributed by atoms with van der Waals surface area (Å²) in [7, 11) is 0. The van der Waals surface area contributed by atoms with Crippen LogP contribution in [0.2, 0.25) is 0 Å². The SMILES string of the molecule is CC(C)(C)c1csc2ncc(C(=O)N3CCSC3(C)C)c(=O)n12. The molecular weight excluding hydrogens is 330 g/mol. The number of fused-ring (bicyclic) bond motifs is 1. The van der Waals surface area contributed by atoms with E-state index in [9.17, 15) is 9.59 Å². The highest BCUT2D eigenvalue weighted by Crippen LogP contribution is 2.35. The zero-order valence-electron chi connectivity index (χ0n) is 14.0. The van der Waals surface area contributed by atoms with E-state index in [1.165, 1.54) is 17.5 Å². The van der Waals surface area contributed by atoms with E-state index >= 15 is 0 Å². The Morgan fingerprint density at radius 1 is 1.35 bits per heavy atom. The van der Waals surface area contributed by atoms with Crippen LogP contribution in [0.15, 0.2) is 16.4 Å². The third kappa shape index (κ3) is 2.70. The molecule has 23 heavy (non-hydrogen) atoms. The molecule has 3 rings (SSSR count). The molecule has 1 aliphatic rings. The molecule has 0 saturated carbocycles. The number of carbonyl (C=O) groups excluding carboxylic acids is 1. The van der Waals surface area contributed by atoms with Gasteiger partial charge in [-0.15, -0.1) is 23.1 Å². The number of aromatic nitrogens is 2. The van der Waals surface area contributed by atoms with Gasteiger partial charge in [-0.2, -0.15) is 0 Å². The number of hydrogen-bond donors (Lipinski definition) is 0. The smallest absolute Gasteiger partial charge is 0.271 e. The quantitative estimate of drug-likeness (QED) is 0.793. The largest absolute Gasteiger partial charge is 0.323 e. The number of hydrogen-bond acceptors (Lipinski definition) is 5. The van der Waals surface area contributed by atoms with Gasteiger partial charge in [0.05, 0.1) is 4.87 Å². The molecule has 2 aromatic rings. The van der Waals surface area contributed by atoms with E-state index in [1.807, 2.05) is 19.2 Å². The van der Waals surface area contributed by atoms with Gasteiger partial charge in [0.25, 0.3) is 11.5 Å². The first-order chi connectivity index (χ1) is 10.6. The average Bonchev–Trinajstić information content (AvgIpc) is 3.01. The Hall–Kier alpha value is -1.34. The minimum atomic E-state index is -0.287. The third-order valence-electron chi connectivity index (χ3n) is 4.11. The van der Waals surface area contributed by atoms with Crippen molar-refractivity contribution in [3.63, 3.8) is 0 Å². The lowest BCUT2D eigenvalue weighted by atomic mass is 9.93. The van der Waals surface area contributed by atoms with Crippen LogP contribution in [0, 0.1) is 0 Å². The minimum absolute atomic E-state index is 0.155. The van der Waals surface area contributed by atoms with Crippen LogP contribution in [0.3, 0.4) is 0 Å². The Balaban J connectivity index is 2.15. The van der Waals surface area contributed by atoms with Gasteiger partial charge >= 0.3 is 0 Å². The highest BCUT2D eigenvalue weighted by atomic mass is 32.2. The second-order valence-corrected chi connectivity index (χ2v) is 9.75. The van der Waals surface area contributed by atoms with Gasteiger partial charge in [0.1, 0.15) is 5.56 Å². The lowest BCUT2D eigenvalue weighted by molar-refractivity contribution is 0.0705. The Labute approximate surface area is 143 Å². The Bertz CT molecular complexity index is 830. The van der Waals surface area contributed by atoms with Crippen LogP contribution in [-0.4, -0.2) is 37.4 Å². The summed E-state index contributed by atoms with van der Waals surface area (Å²) in [6.07, 6.45) is 1.43. The first-order valence-electron chi connectivity index (χ1n) is 7.58. The average molecular weight is 351 g/mol. The molecule has 5 nitrogen and oxygen atoms in total. The molecule has 0 unspecified atom stereocenters. The molecule has 1 saturated heterocycles. The lowest BCUT2D eigenvalue weighted by Gasteiger charge is -2.30. The summed E-state index contributed by atoms with van der Waals surface area (Å²) < 4.78 is 1.59. The molecular formula is C16H21N3O2S2. The molecule has 3 heterocycles. The molecule has 0 radical (unpaired) electrons. The van der Waals surface area contributed by atoms with Crippen LogP contribution in [-0.2, 0) is 5.41 Å².